The summed E-state index contributed by atoms with van der Waals surface area (Å²) in [4.78, 5) is 13.8. The molecule has 2 rings (SSSR count). The Morgan fingerprint density at radius 3 is 2.78 bits per heavy atom. The first kappa shape index (κ1) is 12.7. The van der Waals surface area contributed by atoms with E-state index < -0.39 is 5.60 Å². The molecular formula is C13H18N2O3. The number of likely N-dealkylation sites (tertiary alicyclic amines) is 1. The van der Waals surface area contributed by atoms with Gasteiger partial charge in [0, 0.05) is 11.8 Å². The summed E-state index contributed by atoms with van der Waals surface area (Å²) in [6.07, 6.45) is 0.648. The van der Waals surface area contributed by atoms with E-state index in [9.17, 15) is 9.90 Å². The van der Waals surface area contributed by atoms with Gasteiger partial charge in [0.1, 0.15) is 5.75 Å². The average Bonchev–Trinajstić information content (AvgIpc) is 2.34. The number of nitrogen functional groups attached to an aromatic ring is 1. The molecule has 1 aliphatic heterocycles. The number of ether oxygens (including phenoxy) is 1. The second-order valence-corrected chi connectivity index (χ2v) is 4.70. The minimum Gasteiger partial charge on any atom is -0.496 e. The third-order valence-corrected chi connectivity index (χ3v) is 3.37. The first-order valence-electron chi connectivity index (χ1n) is 5.94. The van der Waals surface area contributed by atoms with E-state index in [1.807, 2.05) is 6.92 Å². The molecule has 3 N–H and O–H groups in total. The van der Waals surface area contributed by atoms with Crippen molar-refractivity contribution in [2.45, 2.75) is 18.9 Å². The predicted octanol–water partition coefficient (Wildman–Crippen LogP) is 0.874. The zero-order valence-electron chi connectivity index (χ0n) is 10.6. The van der Waals surface area contributed by atoms with Crippen LogP contribution in [0.3, 0.4) is 0 Å². The van der Waals surface area contributed by atoms with Gasteiger partial charge in [-0.05, 0) is 18.6 Å². The van der Waals surface area contributed by atoms with Crippen molar-refractivity contribution >= 4 is 11.6 Å². The highest BCUT2D eigenvalue weighted by Gasteiger charge is 2.42. The number of β-amino-alcohol motifs (C(OH)–C–C–N with tert-alkyl or cyclic N) is 1. The molecule has 98 valence electrons. The molecule has 1 aliphatic rings. The van der Waals surface area contributed by atoms with Crippen LogP contribution in [0.2, 0.25) is 0 Å². The van der Waals surface area contributed by atoms with Crippen molar-refractivity contribution in [1.82, 2.24) is 4.90 Å². The van der Waals surface area contributed by atoms with Gasteiger partial charge in [0.2, 0.25) is 0 Å². The fourth-order valence-electron chi connectivity index (χ4n) is 2.09. The van der Waals surface area contributed by atoms with Crippen molar-refractivity contribution in [1.29, 1.82) is 0 Å². The molecular weight excluding hydrogens is 232 g/mol. The molecule has 18 heavy (non-hydrogen) atoms. The summed E-state index contributed by atoms with van der Waals surface area (Å²) in [5.41, 5.74) is 5.95. The Kier molecular flexibility index (Phi) is 3.17. The molecule has 0 aromatic heterocycles. The minimum atomic E-state index is -0.725. The first-order valence-corrected chi connectivity index (χ1v) is 5.94. The van der Waals surface area contributed by atoms with Crippen molar-refractivity contribution in [3.63, 3.8) is 0 Å². The van der Waals surface area contributed by atoms with Gasteiger partial charge >= 0.3 is 0 Å². The zero-order chi connectivity index (χ0) is 13.3. The van der Waals surface area contributed by atoms with Gasteiger partial charge in [-0.3, -0.25) is 4.79 Å². The number of hydrogen-bond donors (Lipinski definition) is 2. The summed E-state index contributed by atoms with van der Waals surface area (Å²) in [7, 11) is 1.50. The number of amides is 1. The van der Waals surface area contributed by atoms with Gasteiger partial charge in [0.05, 0.1) is 31.4 Å². The molecule has 1 heterocycles. The van der Waals surface area contributed by atoms with Crippen molar-refractivity contribution in [3.05, 3.63) is 23.8 Å². The van der Waals surface area contributed by atoms with Gasteiger partial charge in [0.15, 0.2) is 0 Å². The molecule has 0 atom stereocenters. The summed E-state index contributed by atoms with van der Waals surface area (Å²) in [6, 6.07) is 4.94. The van der Waals surface area contributed by atoms with E-state index in [2.05, 4.69) is 0 Å². The highest BCUT2D eigenvalue weighted by Crippen LogP contribution is 2.29. The number of nitrogens with two attached hydrogens (primary N) is 1. The van der Waals surface area contributed by atoms with Crippen LogP contribution in [-0.2, 0) is 0 Å². The monoisotopic (exact) mass is 250 g/mol. The molecule has 5 nitrogen and oxygen atoms in total. The van der Waals surface area contributed by atoms with Crippen LogP contribution >= 0.6 is 0 Å². The Labute approximate surface area is 106 Å². The highest BCUT2D eigenvalue weighted by atomic mass is 16.5. The second-order valence-electron chi connectivity index (χ2n) is 4.70. The predicted molar refractivity (Wildman–Crippen MR) is 68.6 cm³/mol. The van der Waals surface area contributed by atoms with Gasteiger partial charge in [-0.2, -0.15) is 0 Å². The van der Waals surface area contributed by atoms with Crippen molar-refractivity contribution < 1.29 is 14.6 Å². The fourth-order valence-corrected chi connectivity index (χ4v) is 2.09. The number of carbonyl (C=O) groups excluding carboxylic acids is 1. The Hall–Kier alpha value is -1.75. The molecule has 0 radical (unpaired) electrons. The number of rotatable bonds is 3. The zero-order valence-corrected chi connectivity index (χ0v) is 10.6. The number of hydrogen-bond acceptors (Lipinski definition) is 4. The van der Waals surface area contributed by atoms with Crippen LogP contribution in [0.25, 0.3) is 0 Å². The summed E-state index contributed by atoms with van der Waals surface area (Å²) in [6.45, 7) is 2.65. The van der Waals surface area contributed by atoms with E-state index in [4.69, 9.17) is 10.5 Å². The van der Waals surface area contributed by atoms with Crippen LogP contribution in [0.4, 0.5) is 5.69 Å². The maximum Gasteiger partial charge on any atom is 0.257 e. The Balaban J connectivity index is 2.16. The molecule has 0 spiro atoms. The van der Waals surface area contributed by atoms with E-state index in [0.29, 0.717) is 36.5 Å². The molecule has 1 amide bonds. The van der Waals surface area contributed by atoms with Crippen LogP contribution in [-0.4, -0.2) is 41.7 Å². The SMILES string of the molecule is CCC1(O)CN(C(=O)c2ccc(N)cc2OC)C1. The van der Waals surface area contributed by atoms with E-state index in [0.717, 1.165) is 0 Å². The van der Waals surface area contributed by atoms with Gasteiger partial charge in [-0.25, -0.2) is 0 Å². The smallest absolute Gasteiger partial charge is 0.257 e. The Morgan fingerprint density at radius 1 is 1.56 bits per heavy atom. The van der Waals surface area contributed by atoms with Crippen LogP contribution in [0.15, 0.2) is 18.2 Å². The molecule has 1 aromatic carbocycles. The molecule has 1 aromatic rings. The lowest BCUT2D eigenvalue weighted by molar-refractivity contribution is -0.0827. The third-order valence-electron chi connectivity index (χ3n) is 3.37. The summed E-state index contributed by atoms with van der Waals surface area (Å²) < 4.78 is 5.15. The number of aliphatic hydroxyl groups is 1. The van der Waals surface area contributed by atoms with Gasteiger partial charge < -0.3 is 20.5 Å². The molecule has 0 saturated carbocycles. The first-order chi connectivity index (χ1) is 8.49. The van der Waals surface area contributed by atoms with Crippen molar-refractivity contribution in [3.8, 4) is 5.75 Å². The number of anilines is 1. The molecule has 1 saturated heterocycles. The van der Waals surface area contributed by atoms with E-state index in [1.165, 1.54) is 7.11 Å². The lowest BCUT2D eigenvalue weighted by Gasteiger charge is -2.46. The molecule has 0 unspecified atom stereocenters. The highest BCUT2D eigenvalue weighted by molar-refractivity contribution is 5.98. The Morgan fingerprint density at radius 2 is 2.22 bits per heavy atom. The lowest BCUT2D eigenvalue weighted by atomic mass is 9.90. The van der Waals surface area contributed by atoms with Gasteiger partial charge in [0.25, 0.3) is 5.91 Å². The van der Waals surface area contributed by atoms with Gasteiger partial charge in [-0.1, -0.05) is 6.92 Å². The largest absolute Gasteiger partial charge is 0.496 e. The fraction of sp³-hybridized carbons (Fsp3) is 0.462. The summed E-state index contributed by atoms with van der Waals surface area (Å²) in [5.74, 6) is 0.330. The van der Waals surface area contributed by atoms with Crippen LogP contribution < -0.4 is 10.5 Å². The van der Waals surface area contributed by atoms with Crippen molar-refractivity contribution in [2.24, 2.45) is 0 Å². The maximum absolute atomic E-state index is 12.2. The van der Waals surface area contributed by atoms with Gasteiger partial charge in [-0.15, -0.1) is 0 Å². The number of benzene rings is 1. The average molecular weight is 250 g/mol. The third kappa shape index (κ3) is 2.13. The standard InChI is InChI=1S/C13H18N2O3/c1-3-13(17)7-15(8-13)12(16)10-5-4-9(14)6-11(10)18-2/h4-6,17H,3,7-8,14H2,1-2H3. The lowest BCUT2D eigenvalue weighted by Crippen LogP contribution is -2.63. The topological polar surface area (TPSA) is 75.8 Å². The maximum atomic E-state index is 12.2. The van der Waals surface area contributed by atoms with E-state index >= 15 is 0 Å². The molecule has 0 aliphatic carbocycles. The molecule has 5 heteroatoms. The van der Waals surface area contributed by atoms with Crippen LogP contribution in [0.5, 0.6) is 5.75 Å². The minimum absolute atomic E-state index is 0.134. The summed E-state index contributed by atoms with van der Waals surface area (Å²) >= 11 is 0. The van der Waals surface area contributed by atoms with E-state index in [1.54, 1.807) is 23.1 Å². The molecule has 0 bridgehead atoms. The number of carbonyl (C=O) groups is 1. The molecule has 1 fully saturated rings. The number of methoxy groups -OCH3 is 1. The number of nitrogens with zero attached hydrogens (tertiary/aromatic N) is 1. The van der Waals surface area contributed by atoms with Crippen LogP contribution in [0.1, 0.15) is 23.7 Å². The summed E-state index contributed by atoms with van der Waals surface area (Å²) in [5, 5.41) is 9.91. The normalized spacial score (nSPS) is 17.2. The van der Waals surface area contributed by atoms with E-state index in [-0.39, 0.29) is 5.91 Å². The second kappa shape index (κ2) is 4.49. The van der Waals surface area contributed by atoms with Crippen LogP contribution in [0, 0.1) is 0 Å². The van der Waals surface area contributed by atoms with Crippen molar-refractivity contribution in [2.75, 3.05) is 25.9 Å². The quantitative estimate of drug-likeness (QED) is 0.781. The Bertz CT molecular complexity index is 467.